The van der Waals surface area contributed by atoms with Crippen molar-refractivity contribution in [3.63, 3.8) is 0 Å². The number of ketones is 1. The summed E-state index contributed by atoms with van der Waals surface area (Å²) in [4.78, 5) is 21.1. The third-order valence-corrected chi connectivity index (χ3v) is 6.10. The van der Waals surface area contributed by atoms with Crippen LogP contribution >= 0.6 is 23.1 Å². The first-order valence-corrected chi connectivity index (χ1v) is 10.0. The van der Waals surface area contributed by atoms with Gasteiger partial charge in [0.05, 0.1) is 28.8 Å². The summed E-state index contributed by atoms with van der Waals surface area (Å²) in [5.41, 5.74) is 1.05. The third-order valence-electron chi connectivity index (χ3n) is 3.93. The van der Waals surface area contributed by atoms with Crippen molar-refractivity contribution in [1.82, 2.24) is 9.97 Å². The molecule has 1 atom stereocenters. The quantitative estimate of drug-likeness (QED) is 0.511. The van der Waals surface area contributed by atoms with Gasteiger partial charge < -0.3 is 4.42 Å². The van der Waals surface area contributed by atoms with Crippen LogP contribution in [0.15, 0.2) is 51.4 Å². The molecule has 0 aliphatic heterocycles. The van der Waals surface area contributed by atoms with Gasteiger partial charge in [0.25, 0.3) is 0 Å². The summed E-state index contributed by atoms with van der Waals surface area (Å²) in [6, 6.07) is 9.87. The molecule has 4 nitrogen and oxygen atoms in total. The Morgan fingerprint density at radius 2 is 2.08 bits per heavy atom. The van der Waals surface area contributed by atoms with Crippen molar-refractivity contribution in [2.24, 2.45) is 0 Å². The van der Waals surface area contributed by atoms with E-state index in [9.17, 15) is 4.79 Å². The van der Waals surface area contributed by atoms with E-state index in [0.29, 0.717) is 12.2 Å². The zero-order valence-electron chi connectivity index (χ0n) is 14.3. The number of nitrogens with zero attached hydrogens (tertiary/aromatic N) is 2. The molecule has 132 valence electrons. The fourth-order valence-corrected chi connectivity index (χ4v) is 4.27. The van der Waals surface area contributed by atoms with Crippen molar-refractivity contribution in [2.45, 2.75) is 42.6 Å². The van der Waals surface area contributed by atoms with E-state index in [1.54, 1.807) is 29.3 Å². The normalized spacial score (nSPS) is 12.2. The molecule has 0 spiro atoms. The molecule has 2 aromatic heterocycles. The first-order valence-electron chi connectivity index (χ1n) is 8.24. The number of hydrogen-bond acceptors (Lipinski definition) is 6. The largest absolute Gasteiger partial charge is 0.445 e. The van der Waals surface area contributed by atoms with Crippen LogP contribution in [0.5, 0.6) is 0 Å². The second-order valence-corrected chi connectivity index (χ2v) is 8.10. The lowest BCUT2D eigenvalue weighted by molar-refractivity contribution is -0.119. The molecular weight excluding hydrogens is 352 g/mol. The number of Topliss-reactive ketones (excluding diaryl/α,β-unsaturated/α-hetero) is 1. The number of carbonyl (C=O) groups excluding carboxylic acids is 1. The van der Waals surface area contributed by atoms with Crippen LogP contribution in [0.2, 0.25) is 0 Å². The molecule has 0 bridgehead atoms. The molecule has 0 aliphatic rings. The Morgan fingerprint density at radius 3 is 2.80 bits per heavy atom. The zero-order valence-corrected chi connectivity index (χ0v) is 15.9. The van der Waals surface area contributed by atoms with E-state index in [1.807, 2.05) is 50.4 Å². The molecule has 3 rings (SSSR count). The van der Waals surface area contributed by atoms with Gasteiger partial charge in [0.2, 0.25) is 5.89 Å². The number of benzene rings is 1. The molecule has 1 unspecified atom stereocenters. The summed E-state index contributed by atoms with van der Waals surface area (Å²) >= 11 is 3.21. The van der Waals surface area contributed by atoms with Gasteiger partial charge in [-0.1, -0.05) is 44.2 Å². The van der Waals surface area contributed by atoms with Gasteiger partial charge in [-0.3, -0.25) is 4.79 Å². The maximum atomic E-state index is 12.5. The predicted octanol–water partition coefficient (Wildman–Crippen LogP) is 5.15. The van der Waals surface area contributed by atoms with E-state index < -0.39 is 0 Å². The van der Waals surface area contributed by atoms with Gasteiger partial charge in [0, 0.05) is 13.8 Å². The highest BCUT2D eigenvalue weighted by molar-refractivity contribution is 8.00. The van der Waals surface area contributed by atoms with Gasteiger partial charge >= 0.3 is 0 Å². The standard InChI is InChI=1S/C19H20N2O2S2.H2/c1-3-15-10-20-17(23-15)12-24-19-11-21-18(25-19)9-16(22)13(2)14-7-5-4-6-8-14;/h4-8,10-11,13H,3,9,12H2,1-2H3;1H. The van der Waals surface area contributed by atoms with Crippen LogP contribution in [-0.2, 0) is 23.4 Å². The second kappa shape index (κ2) is 8.45. The summed E-state index contributed by atoms with van der Waals surface area (Å²) in [6.45, 7) is 4.00. The monoisotopic (exact) mass is 374 g/mol. The molecule has 3 aromatic rings. The van der Waals surface area contributed by atoms with Crippen molar-refractivity contribution in [3.05, 3.63) is 64.9 Å². The summed E-state index contributed by atoms with van der Waals surface area (Å²) in [7, 11) is 0. The lowest BCUT2D eigenvalue weighted by Gasteiger charge is -2.09. The Balaban J connectivity index is 0.00000243. The Bertz CT molecular complexity index is 833. The van der Waals surface area contributed by atoms with Crippen LogP contribution in [0.3, 0.4) is 0 Å². The van der Waals surface area contributed by atoms with Gasteiger partial charge in [-0.15, -0.1) is 23.1 Å². The minimum absolute atomic E-state index is 0. The molecule has 1 aromatic carbocycles. The van der Waals surface area contributed by atoms with E-state index in [1.165, 1.54) is 0 Å². The first kappa shape index (κ1) is 17.9. The van der Waals surface area contributed by atoms with Gasteiger partial charge in [-0.25, -0.2) is 9.97 Å². The fraction of sp³-hybridized carbons (Fsp3) is 0.316. The van der Waals surface area contributed by atoms with E-state index in [0.717, 1.165) is 32.9 Å². The van der Waals surface area contributed by atoms with Crippen LogP contribution in [0, 0.1) is 0 Å². The lowest BCUT2D eigenvalue weighted by Crippen LogP contribution is -2.11. The Morgan fingerprint density at radius 1 is 1.28 bits per heavy atom. The molecule has 0 aliphatic carbocycles. The highest BCUT2D eigenvalue weighted by atomic mass is 32.2. The van der Waals surface area contributed by atoms with E-state index in [-0.39, 0.29) is 13.1 Å². The van der Waals surface area contributed by atoms with Crippen LogP contribution in [-0.4, -0.2) is 15.8 Å². The van der Waals surface area contributed by atoms with Gasteiger partial charge in [0.1, 0.15) is 16.6 Å². The topological polar surface area (TPSA) is 56.0 Å². The van der Waals surface area contributed by atoms with Crippen molar-refractivity contribution in [2.75, 3.05) is 0 Å². The van der Waals surface area contributed by atoms with Crippen LogP contribution in [0.25, 0.3) is 0 Å². The minimum atomic E-state index is -0.110. The number of aromatic nitrogens is 2. The van der Waals surface area contributed by atoms with Crippen molar-refractivity contribution in [1.29, 1.82) is 0 Å². The summed E-state index contributed by atoms with van der Waals surface area (Å²) in [6.07, 6.45) is 4.83. The third kappa shape index (κ3) is 4.80. The lowest BCUT2D eigenvalue weighted by atomic mass is 9.95. The molecule has 6 heteroatoms. The highest BCUT2D eigenvalue weighted by Gasteiger charge is 2.17. The average Bonchev–Trinajstić information content (AvgIpc) is 3.29. The van der Waals surface area contributed by atoms with Crippen LogP contribution < -0.4 is 0 Å². The summed E-state index contributed by atoms with van der Waals surface area (Å²) in [5, 5.41) is 0.858. The van der Waals surface area contributed by atoms with E-state index in [2.05, 4.69) is 9.97 Å². The molecule has 0 saturated heterocycles. The molecular formula is C19H22N2O2S2. The Hall–Kier alpha value is -1.92. The smallest absolute Gasteiger partial charge is 0.204 e. The number of thiazole rings is 1. The van der Waals surface area contributed by atoms with Crippen LogP contribution in [0.1, 0.15) is 43.4 Å². The van der Waals surface area contributed by atoms with Gasteiger partial charge in [0.15, 0.2) is 0 Å². The van der Waals surface area contributed by atoms with Crippen LogP contribution in [0.4, 0.5) is 0 Å². The second-order valence-electron chi connectivity index (χ2n) is 5.71. The first-order chi connectivity index (χ1) is 12.2. The number of aryl methyl sites for hydroxylation is 1. The number of carbonyl (C=O) groups is 1. The van der Waals surface area contributed by atoms with Gasteiger partial charge in [-0.2, -0.15) is 0 Å². The zero-order chi connectivity index (χ0) is 17.6. The van der Waals surface area contributed by atoms with Crippen molar-refractivity contribution < 1.29 is 10.6 Å². The summed E-state index contributed by atoms with van der Waals surface area (Å²) < 4.78 is 6.68. The number of rotatable bonds is 8. The molecule has 0 radical (unpaired) electrons. The molecule has 25 heavy (non-hydrogen) atoms. The maximum absolute atomic E-state index is 12.5. The average molecular weight is 375 g/mol. The number of thioether (sulfide) groups is 1. The fourth-order valence-electron chi connectivity index (χ4n) is 2.38. The number of hydrogen-bond donors (Lipinski definition) is 0. The Kier molecular flexibility index (Phi) is 6.04. The molecule has 0 amide bonds. The molecule has 2 heterocycles. The minimum Gasteiger partial charge on any atom is -0.445 e. The molecule has 0 N–H and O–H groups in total. The molecule has 0 fully saturated rings. The van der Waals surface area contributed by atoms with E-state index >= 15 is 0 Å². The Labute approximate surface area is 157 Å². The number of oxazole rings is 1. The highest BCUT2D eigenvalue weighted by Crippen LogP contribution is 2.29. The van der Waals surface area contributed by atoms with Gasteiger partial charge in [-0.05, 0) is 5.56 Å². The van der Waals surface area contributed by atoms with Crippen molar-refractivity contribution in [3.8, 4) is 0 Å². The van der Waals surface area contributed by atoms with E-state index in [4.69, 9.17) is 4.42 Å². The predicted molar refractivity (Wildman–Crippen MR) is 103 cm³/mol. The SMILES string of the molecule is CCc1cnc(CSc2cnc(CC(=O)C(C)c3ccccc3)s2)o1.[HH]. The van der Waals surface area contributed by atoms with Crippen molar-refractivity contribution >= 4 is 28.9 Å². The summed E-state index contributed by atoms with van der Waals surface area (Å²) in [5.74, 6) is 2.39. The maximum Gasteiger partial charge on any atom is 0.204 e. The molecule has 0 saturated carbocycles.